The highest BCUT2D eigenvalue weighted by molar-refractivity contribution is 6.07. The fourth-order valence-electron chi connectivity index (χ4n) is 4.30. The van der Waals surface area contributed by atoms with Crippen LogP contribution in [0.4, 0.5) is 0 Å². The summed E-state index contributed by atoms with van der Waals surface area (Å²) in [6.45, 7) is 1.99. The summed E-state index contributed by atoms with van der Waals surface area (Å²) in [6.07, 6.45) is 4.50. The van der Waals surface area contributed by atoms with E-state index in [2.05, 4.69) is 11.4 Å². The molecule has 2 aromatic carbocycles. The molecule has 0 unspecified atom stereocenters. The number of methoxy groups -OCH3 is 2. The molecule has 1 N–H and O–H groups in total. The molecule has 1 heterocycles. The number of allylic oxidation sites excluding steroid dienone is 1. The van der Waals surface area contributed by atoms with Gasteiger partial charge >= 0.3 is 5.97 Å². The van der Waals surface area contributed by atoms with Crippen LogP contribution in [0.5, 0.6) is 11.5 Å². The maximum absolute atomic E-state index is 13.2. The summed E-state index contributed by atoms with van der Waals surface area (Å²) < 4.78 is 16.2. The summed E-state index contributed by atoms with van der Waals surface area (Å²) in [5.41, 5.74) is 4.85. The topological polar surface area (TPSA) is 86.8 Å². The summed E-state index contributed by atoms with van der Waals surface area (Å²) in [4.78, 5) is 30.0. The number of esters is 1. The first-order chi connectivity index (χ1) is 16.5. The Bertz CT molecular complexity index is 1270. The molecule has 34 heavy (non-hydrogen) atoms. The highest BCUT2D eigenvalue weighted by atomic mass is 16.5. The van der Waals surface area contributed by atoms with Gasteiger partial charge in [0, 0.05) is 11.9 Å². The van der Waals surface area contributed by atoms with Gasteiger partial charge in [0.15, 0.2) is 18.1 Å². The summed E-state index contributed by atoms with van der Waals surface area (Å²) in [6, 6.07) is 13.3. The normalized spacial score (nSPS) is 13.9. The number of aromatic nitrogens is 1. The lowest BCUT2D eigenvalue weighted by Gasteiger charge is -2.22. The van der Waals surface area contributed by atoms with Gasteiger partial charge < -0.3 is 19.5 Å². The van der Waals surface area contributed by atoms with E-state index in [9.17, 15) is 9.59 Å². The Balaban J connectivity index is 1.79. The molecule has 0 saturated heterocycles. The van der Waals surface area contributed by atoms with Gasteiger partial charge in [-0.25, -0.2) is 9.78 Å². The Labute approximate surface area is 198 Å². The third-order valence-electron chi connectivity index (χ3n) is 5.83. The average molecular weight is 461 g/mol. The minimum absolute atomic E-state index is 0.313. The second-order valence-corrected chi connectivity index (χ2v) is 8.00. The number of pyridine rings is 1. The molecule has 4 rings (SSSR count). The largest absolute Gasteiger partial charge is 0.493 e. The van der Waals surface area contributed by atoms with Crippen molar-refractivity contribution in [3.63, 3.8) is 0 Å². The van der Waals surface area contributed by atoms with E-state index in [0.29, 0.717) is 35.5 Å². The smallest absolute Gasteiger partial charge is 0.339 e. The molecule has 1 aliphatic carbocycles. The molecule has 1 amide bonds. The Kier molecular flexibility index (Phi) is 7.11. The number of ether oxygens (including phenoxy) is 3. The number of carbonyl (C=O) groups excluding carboxylic acids is 2. The van der Waals surface area contributed by atoms with E-state index in [-0.39, 0.29) is 12.5 Å². The van der Waals surface area contributed by atoms with Crippen LogP contribution in [-0.4, -0.2) is 44.2 Å². The zero-order valence-corrected chi connectivity index (χ0v) is 19.6. The van der Waals surface area contributed by atoms with Crippen molar-refractivity contribution in [2.45, 2.75) is 26.2 Å². The van der Waals surface area contributed by atoms with Crippen molar-refractivity contribution in [1.82, 2.24) is 10.3 Å². The first kappa shape index (κ1) is 23.3. The average Bonchev–Trinajstić information content (AvgIpc) is 2.86. The third kappa shape index (κ3) is 4.73. The Morgan fingerprint density at radius 3 is 2.62 bits per heavy atom. The van der Waals surface area contributed by atoms with Crippen LogP contribution in [0.2, 0.25) is 0 Å². The molecule has 3 aromatic rings. The molecular weight excluding hydrogens is 432 g/mol. The summed E-state index contributed by atoms with van der Waals surface area (Å²) >= 11 is 0. The number of hydrogen-bond donors (Lipinski definition) is 1. The number of fused-ring (bicyclic) bond motifs is 2. The third-order valence-corrected chi connectivity index (χ3v) is 5.83. The van der Waals surface area contributed by atoms with Gasteiger partial charge in [0.1, 0.15) is 0 Å². The number of carbonyl (C=O) groups is 2. The monoisotopic (exact) mass is 460 g/mol. The molecule has 0 fully saturated rings. The summed E-state index contributed by atoms with van der Waals surface area (Å²) in [5, 5.41) is 3.38. The molecule has 7 nitrogen and oxygen atoms in total. The Morgan fingerprint density at radius 1 is 1.06 bits per heavy atom. The van der Waals surface area contributed by atoms with E-state index in [4.69, 9.17) is 19.2 Å². The van der Waals surface area contributed by atoms with Gasteiger partial charge in [-0.05, 0) is 67.2 Å². The fourth-order valence-corrected chi connectivity index (χ4v) is 4.30. The van der Waals surface area contributed by atoms with Crippen molar-refractivity contribution in [3.8, 4) is 11.5 Å². The standard InChI is InChI=1S/C27H28N2O5/c1-4-28-24(30)16-34-27(31)25-19-9-5-6-11-21(19)29-26-18(8-7-10-20(25)26)14-17-12-13-22(32-2)23(15-17)33-3/h5-6,9,11-15H,4,7-8,10,16H2,1-3H3,(H,28,30)/b18-14+. The lowest BCUT2D eigenvalue weighted by Crippen LogP contribution is -2.28. The molecule has 0 aliphatic heterocycles. The molecule has 7 heteroatoms. The number of benzene rings is 2. The Morgan fingerprint density at radius 2 is 1.85 bits per heavy atom. The number of nitrogens with one attached hydrogen (secondary N) is 1. The molecule has 1 aromatic heterocycles. The molecule has 0 radical (unpaired) electrons. The number of hydrogen-bond acceptors (Lipinski definition) is 6. The van der Waals surface area contributed by atoms with Gasteiger partial charge in [0.05, 0.1) is 31.0 Å². The molecule has 0 saturated carbocycles. The zero-order chi connectivity index (χ0) is 24.1. The molecule has 1 aliphatic rings. The summed E-state index contributed by atoms with van der Waals surface area (Å²) in [5.74, 6) is 0.481. The molecule has 0 bridgehead atoms. The van der Waals surface area contributed by atoms with Crippen LogP contribution in [0.1, 0.15) is 46.9 Å². The minimum Gasteiger partial charge on any atom is -0.493 e. The van der Waals surface area contributed by atoms with E-state index in [1.807, 2.05) is 49.4 Å². The van der Waals surface area contributed by atoms with E-state index in [0.717, 1.165) is 40.6 Å². The quantitative estimate of drug-likeness (QED) is 0.525. The van der Waals surface area contributed by atoms with Gasteiger partial charge in [-0.3, -0.25) is 4.79 Å². The summed E-state index contributed by atoms with van der Waals surface area (Å²) in [7, 11) is 3.21. The van der Waals surface area contributed by atoms with Gasteiger partial charge in [-0.1, -0.05) is 24.3 Å². The Hall–Kier alpha value is -3.87. The van der Waals surface area contributed by atoms with Crippen molar-refractivity contribution in [2.75, 3.05) is 27.4 Å². The lowest BCUT2D eigenvalue weighted by atomic mass is 9.86. The van der Waals surface area contributed by atoms with Crippen molar-refractivity contribution in [3.05, 3.63) is 64.8 Å². The second-order valence-electron chi connectivity index (χ2n) is 8.00. The van der Waals surface area contributed by atoms with Crippen molar-refractivity contribution < 1.29 is 23.8 Å². The van der Waals surface area contributed by atoms with E-state index in [1.165, 1.54) is 0 Å². The van der Waals surface area contributed by atoms with Gasteiger partial charge in [-0.2, -0.15) is 0 Å². The van der Waals surface area contributed by atoms with Crippen molar-refractivity contribution >= 4 is 34.4 Å². The first-order valence-electron chi connectivity index (χ1n) is 11.3. The highest BCUT2D eigenvalue weighted by Gasteiger charge is 2.26. The highest BCUT2D eigenvalue weighted by Crippen LogP contribution is 2.37. The van der Waals surface area contributed by atoms with Gasteiger partial charge in [-0.15, -0.1) is 0 Å². The predicted octanol–water partition coefficient (Wildman–Crippen LogP) is 4.42. The van der Waals surface area contributed by atoms with Crippen molar-refractivity contribution in [1.29, 1.82) is 0 Å². The fraction of sp³-hybridized carbons (Fsp3) is 0.296. The maximum Gasteiger partial charge on any atom is 0.339 e. The molecular formula is C27H28N2O5. The molecule has 176 valence electrons. The SMILES string of the molecule is CCNC(=O)COC(=O)c1c2c(nc3ccccc13)/C(=C/c1ccc(OC)c(OC)c1)CCC2. The predicted molar refractivity (Wildman–Crippen MR) is 131 cm³/mol. The van der Waals surface area contributed by atoms with Gasteiger partial charge in [0.2, 0.25) is 0 Å². The number of para-hydroxylation sites is 1. The zero-order valence-electron chi connectivity index (χ0n) is 19.6. The lowest BCUT2D eigenvalue weighted by molar-refractivity contribution is -0.124. The van der Waals surface area contributed by atoms with Crippen LogP contribution in [0.3, 0.4) is 0 Å². The minimum atomic E-state index is -0.506. The number of amides is 1. The number of rotatable bonds is 7. The number of nitrogens with zero attached hydrogens (tertiary/aromatic N) is 1. The second kappa shape index (κ2) is 10.4. The van der Waals surface area contributed by atoms with Crippen LogP contribution >= 0.6 is 0 Å². The number of likely N-dealkylation sites (N-methyl/N-ethyl adjacent to an activating group) is 1. The van der Waals surface area contributed by atoms with E-state index < -0.39 is 5.97 Å². The van der Waals surface area contributed by atoms with Gasteiger partial charge in [0.25, 0.3) is 5.91 Å². The molecule has 0 atom stereocenters. The molecule has 0 spiro atoms. The maximum atomic E-state index is 13.2. The van der Waals surface area contributed by atoms with E-state index >= 15 is 0 Å². The van der Waals surface area contributed by atoms with Crippen LogP contribution < -0.4 is 14.8 Å². The first-order valence-corrected chi connectivity index (χ1v) is 11.3. The van der Waals surface area contributed by atoms with Crippen LogP contribution in [0.25, 0.3) is 22.6 Å². The van der Waals surface area contributed by atoms with Crippen LogP contribution in [-0.2, 0) is 16.0 Å². The van der Waals surface area contributed by atoms with Crippen molar-refractivity contribution in [2.24, 2.45) is 0 Å². The van der Waals surface area contributed by atoms with E-state index in [1.54, 1.807) is 14.2 Å². The van der Waals surface area contributed by atoms with Crippen LogP contribution in [0, 0.1) is 0 Å². The van der Waals surface area contributed by atoms with Crippen LogP contribution in [0.15, 0.2) is 42.5 Å².